The lowest BCUT2D eigenvalue weighted by Crippen LogP contribution is -2.02. The Balaban J connectivity index is 1.88. The summed E-state index contributed by atoms with van der Waals surface area (Å²) >= 11 is 0. The number of hydrogen-bond donors (Lipinski definition) is 1. The maximum atomic E-state index is 5.85. The van der Waals surface area contributed by atoms with Crippen LogP contribution in [-0.4, -0.2) is 16.5 Å². The van der Waals surface area contributed by atoms with Crippen molar-refractivity contribution in [3.63, 3.8) is 0 Å². The maximum Gasteiger partial charge on any atom is 0.241 e. The summed E-state index contributed by atoms with van der Waals surface area (Å²) in [5, 5.41) is 0. The zero-order valence-electron chi connectivity index (χ0n) is 11.9. The van der Waals surface area contributed by atoms with Crippen molar-refractivity contribution in [1.29, 1.82) is 0 Å². The van der Waals surface area contributed by atoms with E-state index in [9.17, 15) is 0 Å². The van der Waals surface area contributed by atoms with Crippen molar-refractivity contribution in [2.75, 3.05) is 6.54 Å². The monoisotopic (exact) mass is 279 g/mol. The number of aromatic nitrogens is 2. The van der Waals surface area contributed by atoms with Crippen molar-refractivity contribution in [3.8, 4) is 11.6 Å². The van der Waals surface area contributed by atoms with Crippen LogP contribution >= 0.6 is 0 Å². The van der Waals surface area contributed by atoms with Crippen LogP contribution in [0.2, 0.25) is 0 Å². The molecule has 0 unspecified atom stereocenters. The fourth-order valence-corrected chi connectivity index (χ4v) is 2.17. The van der Waals surface area contributed by atoms with E-state index >= 15 is 0 Å². The van der Waals surface area contributed by atoms with E-state index in [2.05, 4.69) is 9.97 Å². The van der Waals surface area contributed by atoms with E-state index in [1.54, 1.807) is 0 Å². The minimum atomic E-state index is 0.542. The molecule has 3 aromatic rings. The van der Waals surface area contributed by atoms with E-state index in [1.807, 2.05) is 55.5 Å². The molecule has 2 N–H and O–H groups in total. The minimum absolute atomic E-state index is 0.542. The maximum absolute atomic E-state index is 5.85. The molecule has 21 heavy (non-hydrogen) atoms. The van der Waals surface area contributed by atoms with Gasteiger partial charge in [-0.3, -0.25) is 0 Å². The Morgan fingerprint density at radius 2 is 1.62 bits per heavy atom. The van der Waals surface area contributed by atoms with Gasteiger partial charge in [0.2, 0.25) is 5.88 Å². The second-order valence-electron chi connectivity index (χ2n) is 4.89. The number of fused-ring (bicyclic) bond motifs is 1. The fourth-order valence-electron chi connectivity index (χ4n) is 2.17. The Labute approximate surface area is 123 Å². The van der Waals surface area contributed by atoms with Gasteiger partial charge in [0.15, 0.2) is 0 Å². The van der Waals surface area contributed by atoms with Crippen molar-refractivity contribution in [1.82, 2.24) is 9.97 Å². The average Bonchev–Trinajstić information content (AvgIpc) is 2.50. The second-order valence-corrected chi connectivity index (χ2v) is 4.89. The Bertz CT molecular complexity index is 754. The molecular weight excluding hydrogens is 262 g/mol. The number of nitrogens with zero attached hydrogens (tertiary/aromatic N) is 2. The van der Waals surface area contributed by atoms with Crippen molar-refractivity contribution >= 4 is 11.0 Å². The highest BCUT2D eigenvalue weighted by Crippen LogP contribution is 2.24. The van der Waals surface area contributed by atoms with Crippen molar-refractivity contribution in [2.24, 2.45) is 5.73 Å². The molecule has 0 saturated carbocycles. The van der Waals surface area contributed by atoms with E-state index in [-0.39, 0.29) is 0 Å². The molecule has 0 spiro atoms. The first-order chi connectivity index (χ1) is 10.3. The Hall–Kier alpha value is -2.46. The van der Waals surface area contributed by atoms with Gasteiger partial charge < -0.3 is 10.5 Å². The molecule has 0 atom stereocenters. The van der Waals surface area contributed by atoms with Gasteiger partial charge in [0.05, 0.1) is 11.0 Å². The fraction of sp³-hybridized carbons (Fsp3) is 0.176. The van der Waals surface area contributed by atoms with Crippen LogP contribution in [0.25, 0.3) is 11.0 Å². The van der Waals surface area contributed by atoms with Crippen molar-refractivity contribution < 1.29 is 4.74 Å². The topological polar surface area (TPSA) is 61.0 Å². The van der Waals surface area contributed by atoms with Gasteiger partial charge in [-0.05, 0) is 49.7 Å². The van der Waals surface area contributed by atoms with Crippen molar-refractivity contribution in [3.05, 3.63) is 59.8 Å². The van der Waals surface area contributed by atoms with Gasteiger partial charge in [0.1, 0.15) is 11.4 Å². The van der Waals surface area contributed by atoms with Gasteiger partial charge in [-0.15, -0.1) is 0 Å². The van der Waals surface area contributed by atoms with Crippen LogP contribution in [0.15, 0.2) is 48.5 Å². The lowest BCUT2D eigenvalue weighted by atomic mass is 10.1. The first-order valence-corrected chi connectivity index (χ1v) is 6.96. The minimum Gasteiger partial charge on any atom is -0.437 e. The highest BCUT2D eigenvalue weighted by atomic mass is 16.5. The summed E-state index contributed by atoms with van der Waals surface area (Å²) in [6.07, 6.45) is 0.870. The van der Waals surface area contributed by atoms with Gasteiger partial charge in [0, 0.05) is 0 Å². The lowest BCUT2D eigenvalue weighted by Gasteiger charge is -2.09. The molecule has 0 aliphatic carbocycles. The molecule has 0 bridgehead atoms. The van der Waals surface area contributed by atoms with Gasteiger partial charge in [-0.1, -0.05) is 24.3 Å². The number of rotatable bonds is 4. The molecule has 4 heteroatoms. The van der Waals surface area contributed by atoms with Crippen LogP contribution in [0, 0.1) is 6.92 Å². The van der Waals surface area contributed by atoms with Gasteiger partial charge >= 0.3 is 0 Å². The highest BCUT2D eigenvalue weighted by molar-refractivity contribution is 5.74. The second kappa shape index (κ2) is 5.89. The first-order valence-electron chi connectivity index (χ1n) is 6.96. The zero-order valence-corrected chi connectivity index (χ0v) is 11.9. The summed E-state index contributed by atoms with van der Waals surface area (Å²) in [6, 6.07) is 15.7. The predicted octanol–water partition coefficient (Wildman–Crippen LogP) is 3.23. The number of hydrogen-bond acceptors (Lipinski definition) is 4. The van der Waals surface area contributed by atoms with Crippen LogP contribution < -0.4 is 10.5 Å². The molecular formula is C17H17N3O. The van der Waals surface area contributed by atoms with Gasteiger partial charge in [-0.2, -0.15) is 0 Å². The molecule has 0 aliphatic heterocycles. The molecule has 0 aliphatic rings. The molecule has 2 aromatic carbocycles. The van der Waals surface area contributed by atoms with Crippen LogP contribution in [-0.2, 0) is 6.42 Å². The number of ether oxygens (including phenoxy) is 1. The summed E-state index contributed by atoms with van der Waals surface area (Å²) in [7, 11) is 0. The smallest absolute Gasteiger partial charge is 0.241 e. The lowest BCUT2D eigenvalue weighted by molar-refractivity contribution is 0.458. The molecule has 0 fully saturated rings. The zero-order chi connectivity index (χ0) is 14.7. The number of para-hydroxylation sites is 2. The summed E-state index contributed by atoms with van der Waals surface area (Å²) in [6.45, 7) is 2.55. The first kappa shape index (κ1) is 13.5. The number of nitrogens with two attached hydrogens (primary N) is 1. The third-order valence-electron chi connectivity index (χ3n) is 3.27. The van der Waals surface area contributed by atoms with Crippen LogP contribution in [0.5, 0.6) is 11.6 Å². The molecule has 1 heterocycles. The molecule has 0 saturated heterocycles. The van der Waals surface area contributed by atoms with E-state index in [0.29, 0.717) is 12.4 Å². The van der Waals surface area contributed by atoms with Crippen molar-refractivity contribution in [2.45, 2.75) is 13.3 Å². The Kier molecular flexibility index (Phi) is 3.79. The summed E-state index contributed by atoms with van der Waals surface area (Å²) < 4.78 is 5.85. The number of aryl methyl sites for hydroxylation is 1. The predicted molar refractivity (Wildman–Crippen MR) is 83.5 cm³/mol. The summed E-state index contributed by atoms with van der Waals surface area (Å²) in [5.74, 6) is 1.30. The van der Waals surface area contributed by atoms with E-state index in [1.165, 1.54) is 5.56 Å². The molecule has 0 amide bonds. The van der Waals surface area contributed by atoms with E-state index < -0.39 is 0 Å². The number of benzene rings is 2. The molecule has 106 valence electrons. The van der Waals surface area contributed by atoms with E-state index in [4.69, 9.17) is 10.5 Å². The molecule has 3 rings (SSSR count). The Morgan fingerprint density at radius 3 is 2.29 bits per heavy atom. The third kappa shape index (κ3) is 3.01. The van der Waals surface area contributed by atoms with Crippen LogP contribution in [0.3, 0.4) is 0 Å². The average molecular weight is 279 g/mol. The van der Waals surface area contributed by atoms with Crippen LogP contribution in [0.1, 0.15) is 11.3 Å². The van der Waals surface area contributed by atoms with Gasteiger partial charge in [-0.25, -0.2) is 9.97 Å². The highest BCUT2D eigenvalue weighted by Gasteiger charge is 2.07. The third-order valence-corrected chi connectivity index (χ3v) is 3.27. The van der Waals surface area contributed by atoms with Gasteiger partial charge in [0.25, 0.3) is 0 Å². The summed E-state index contributed by atoms with van der Waals surface area (Å²) in [5.41, 5.74) is 9.23. The normalized spacial score (nSPS) is 10.8. The Morgan fingerprint density at radius 1 is 0.952 bits per heavy atom. The van der Waals surface area contributed by atoms with E-state index in [0.717, 1.165) is 28.9 Å². The molecule has 1 aromatic heterocycles. The molecule has 4 nitrogen and oxygen atoms in total. The SMILES string of the molecule is Cc1nc2ccccc2nc1Oc1ccc(CCN)cc1. The molecule has 0 radical (unpaired) electrons. The largest absolute Gasteiger partial charge is 0.437 e. The standard InChI is InChI=1S/C17H17N3O/c1-12-17(20-16-5-3-2-4-15(16)19-12)21-14-8-6-13(7-9-14)10-11-18/h2-9H,10-11,18H2,1H3. The summed E-state index contributed by atoms with van der Waals surface area (Å²) in [4.78, 5) is 9.04. The van der Waals surface area contributed by atoms with Crippen LogP contribution in [0.4, 0.5) is 0 Å². The quantitative estimate of drug-likeness (QED) is 0.796.